The molecule has 3 heterocycles. The number of piperazine rings is 2. The molecule has 2 unspecified atom stereocenters. The standard InChI is InChI=1S/C12H17N3O2/c1-14-8-9-7-13-4-5-15(9)11(12(14)16)10-3-2-6-17-10/h2-3,6,9,11,13H,4-5,7-8H2,1H3. The molecule has 1 aromatic heterocycles. The highest BCUT2D eigenvalue weighted by Gasteiger charge is 2.42. The van der Waals surface area contributed by atoms with Gasteiger partial charge in [-0.1, -0.05) is 0 Å². The minimum absolute atomic E-state index is 0.137. The molecule has 2 atom stereocenters. The van der Waals surface area contributed by atoms with Crippen LogP contribution in [0.25, 0.3) is 0 Å². The van der Waals surface area contributed by atoms with E-state index in [2.05, 4.69) is 10.2 Å². The monoisotopic (exact) mass is 235 g/mol. The zero-order chi connectivity index (χ0) is 11.8. The van der Waals surface area contributed by atoms with E-state index in [1.807, 2.05) is 19.2 Å². The number of carbonyl (C=O) groups excluding carboxylic acids is 1. The predicted octanol–water partition coefficient (Wildman–Crippen LogP) is 0.0665. The molecule has 0 aromatic carbocycles. The lowest BCUT2D eigenvalue weighted by Gasteiger charge is -2.46. The third-order valence-corrected chi connectivity index (χ3v) is 3.63. The van der Waals surface area contributed by atoms with Gasteiger partial charge in [-0.3, -0.25) is 9.69 Å². The van der Waals surface area contributed by atoms with Gasteiger partial charge in [0.15, 0.2) is 0 Å². The van der Waals surface area contributed by atoms with Crippen LogP contribution in [0.3, 0.4) is 0 Å². The van der Waals surface area contributed by atoms with E-state index >= 15 is 0 Å². The first-order valence-corrected chi connectivity index (χ1v) is 6.02. The highest BCUT2D eigenvalue weighted by Crippen LogP contribution is 2.30. The van der Waals surface area contributed by atoms with Crippen molar-refractivity contribution < 1.29 is 9.21 Å². The van der Waals surface area contributed by atoms with Gasteiger partial charge in [-0.05, 0) is 12.1 Å². The molecule has 92 valence electrons. The summed E-state index contributed by atoms with van der Waals surface area (Å²) in [6, 6.07) is 3.88. The molecule has 0 radical (unpaired) electrons. The molecule has 0 spiro atoms. The fourth-order valence-electron chi connectivity index (χ4n) is 2.77. The van der Waals surface area contributed by atoms with Gasteiger partial charge < -0.3 is 14.6 Å². The third-order valence-electron chi connectivity index (χ3n) is 3.63. The first-order valence-electron chi connectivity index (χ1n) is 6.02. The molecule has 2 aliphatic rings. The van der Waals surface area contributed by atoms with E-state index in [4.69, 9.17) is 4.42 Å². The molecule has 1 amide bonds. The van der Waals surface area contributed by atoms with Crippen LogP contribution >= 0.6 is 0 Å². The SMILES string of the molecule is CN1CC2CNCCN2C(c2ccco2)C1=O. The van der Waals surface area contributed by atoms with Crippen molar-refractivity contribution >= 4 is 5.91 Å². The third kappa shape index (κ3) is 1.75. The topological polar surface area (TPSA) is 48.7 Å². The zero-order valence-electron chi connectivity index (χ0n) is 9.93. The predicted molar refractivity (Wildman–Crippen MR) is 62.4 cm³/mol. The number of nitrogens with one attached hydrogen (secondary N) is 1. The van der Waals surface area contributed by atoms with Crippen molar-refractivity contribution in [1.82, 2.24) is 15.1 Å². The summed E-state index contributed by atoms with van der Waals surface area (Å²) in [6.07, 6.45) is 1.63. The number of fused-ring (bicyclic) bond motifs is 1. The first-order chi connectivity index (χ1) is 8.27. The normalized spacial score (nSPS) is 30.4. The van der Waals surface area contributed by atoms with Crippen LogP contribution in [0.15, 0.2) is 22.8 Å². The fraction of sp³-hybridized carbons (Fsp3) is 0.583. The quantitative estimate of drug-likeness (QED) is 0.748. The van der Waals surface area contributed by atoms with Crippen molar-refractivity contribution in [2.24, 2.45) is 0 Å². The van der Waals surface area contributed by atoms with Gasteiger partial charge in [-0.25, -0.2) is 0 Å². The van der Waals surface area contributed by atoms with E-state index < -0.39 is 0 Å². The van der Waals surface area contributed by atoms with E-state index in [9.17, 15) is 4.79 Å². The van der Waals surface area contributed by atoms with Gasteiger partial charge >= 0.3 is 0 Å². The molecule has 0 aliphatic carbocycles. The van der Waals surface area contributed by atoms with Crippen LogP contribution in [0.5, 0.6) is 0 Å². The van der Waals surface area contributed by atoms with Crippen LogP contribution in [0.2, 0.25) is 0 Å². The van der Waals surface area contributed by atoms with Crippen molar-refractivity contribution in [1.29, 1.82) is 0 Å². The number of rotatable bonds is 1. The van der Waals surface area contributed by atoms with Crippen molar-refractivity contribution in [3.8, 4) is 0 Å². The van der Waals surface area contributed by atoms with Crippen LogP contribution < -0.4 is 5.32 Å². The lowest BCUT2D eigenvalue weighted by atomic mass is 10.0. The number of amides is 1. The van der Waals surface area contributed by atoms with Crippen LogP contribution in [0.4, 0.5) is 0 Å². The summed E-state index contributed by atoms with van der Waals surface area (Å²) in [7, 11) is 1.87. The molecule has 17 heavy (non-hydrogen) atoms. The molecule has 1 N–H and O–H groups in total. The van der Waals surface area contributed by atoms with Gasteiger partial charge in [0.2, 0.25) is 5.91 Å². The summed E-state index contributed by atoms with van der Waals surface area (Å²) in [5.74, 6) is 0.895. The number of hydrogen-bond donors (Lipinski definition) is 1. The number of likely N-dealkylation sites (N-methyl/N-ethyl adjacent to an activating group) is 1. The summed E-state index contributed by atoms with van der Waals surface area (Å²) in [5.41, 5.74) is 0. The lowest BCUT2D eigenvalue weighted by molar-refractivity contribution is -0.145. The summed E-state index contributed by atoms with van der Waals surface area (Å²) in [4.78, 5) is 16.4. The Bertz CT molecular complexity index is 404. The fourth-order valence-corrected chi connectivity index (χ4v) is 2.77. The highest BCUT2D eigenvalue weighted by atomic mass is 16.3. The molecular weight excluding hydrogens is 218 g/mol. The van der Waals surface area contributed by atoms with Crippen molar-refractivity contribution in [3.63, 3.8) is 0 Å². The highest BCUT2D eigenvalue weighted by molar-refractivity contribution is 5.83. The Balaban J connectivity index is 1.93. The molecule has 1 aromatic rings. The van der Waals surface area contributed by atoms with Crippen LogP contribution in [0, 0.1) is 0 Å². The smallest absolute Gasteiger partial charge is 0.247 e. The van der Waals surface area contributed by atoms with Gasteiger partial charge in [0, 0.05) is 39.3 Å². The molecule has 3 rings (SSSR count). The summed E-state index contributed by atoms with van der Waals surface area (Å²) in [6.45, 7) is 3.57. The number of hydrogen-bond acceptors (Lipinski definition) is 4. The van der Waals surface area contributed by atoms with E-state index in [0.29, 0.717) is 6.04 Å². The lowest BCUT2D eigenvalue weighted by Crippen LogP contribution is -2.63. The minimum Gasteiger partial charge on any atom is -0.467 e. The number of furan rings is 1. The second-order valence-corrected chi connectivity index (χ2v) is 4.73. The average molecular weight is 235 g/mol. The van der Waals surface area contributed by atoms with Gasteiger partial charge in [-0.2, -0.15) is 0 Å². The zero-order valence-corrected chi connectivity index (χ0v) is 9.93. The molecule has 2 saturated heterocycles. The molecule has 2 aliphatic heterocycles. The molecule has 0 bridgehead atoms. The second-order valence-electron chi connectivity index (χ2n) is 4.73. The van der Waals surface area contributed by atoms with Gasteiger partial charge in [0.05, 0.1) is 6.26 Å². The van der Waals surface area contributed by atoms with Crippen molar-refractivity contribution in [3.05, 3.63) is 24.2 Å². The van der Waals surface area contributed by atoms with E-state index in [0.717, 1.165) is 31.9 Å². The van der Waals surface area contributed by atoms with Gasteiger partial charge in [0.25, 0.3) is 0 Å². The Hall–Kier alpha value is -1.33. The Morgan fingerprint density at radius 3 is 3.18 bits per heavy atom. The van der Waals surface area contributed by atoms with Crippen LogP contribution in [-0.2, 0) is 4.79 Å². The van der Waals surface area contributed by atoms with E-state index in [-0.39, 0.29) is 11.9 Å². The van der Waals surface area contributed by atoms with Crippen LogP contribution in [-0.4, -0.2) is 55.0 Å². The van der Waals surface area contributed by atoms with Gasteiger partial charge in [0.1, 0.15) is 11.8 Å². The maximum atomic E-state index is 12.3. The van der Waals surface area contributed by atoms with Gasteiger partial charge in [-0.15, -0.1) is 0 Å². The summed E-state index contributed by atoms with van der Waals surface area (Å²) in [5, 5.41) is 3.37. The van der Waals surface area contributed by atoms with E-state index in [1.54, 1.807) is 11.2 Å². The average Bonchev–Trinajstić information content (AvgIpc) is 2.84. The number of nitrogens with zero attached hydrogens (tertiary/aromatic N) is 2. The molecule has 5 nitrogen and oxygen atoms in total. The Labute approximate surface area is 100 Å². The maximum absolute atomic E-state index is 12.3. The molecule has 5 heteroatoms. The minimum atomic E-state index is -0.240. The summed E-state index contributed by atoms with van der Waals surface area (Å²) < 4.78 is 5.43. The molecule has 2 fully saturated rings. The Morgan fingerprint density at radius 1 is 1.53 bits per heavy atom. The van der Waals surface area contributed by atoms with Crippen molar-refractivity contribution in [2.75, 3.05) is 33.2 Å². The molecular formula is C12H17N3O2. The Morgan fingerprint density at radius 2 is 2.41 bits per heavy atom. The largest absolute Gasteiger partial charge is 0.467 e. The molecule has 0 saturated carbocycles. The Kier molecular flexibility index (Phi) is 2.64. The maximum Gasteiger partial charge on any atom is 0.247 e. The summed E-state index contributed by atoms with van der Waals surface area (Å²) >= 11 is 0. The van der Waals surface area contributed by atoms with Crippen molar-refractivity contribution in [2.45, 2.75) is 12.1 Å². The van der Waals surface area contributed by atoms with Crippen LogP contribution in [0.1, 0.15) is 11.8 Å². The number of carbonyl (C=O) groups is 1. The van der Waals surface area contributed by atoms with E-state index in [1.165, 1.54) is 0 Å². The second kappa shape index (κ2) is 4.16. The first kappa shape index (κ1) is 10.8.